The molecule has 0 aliphatic carbocycles. The number of imide groups is 1. The molecule has 0 atom stereocenters. The van der Waals surface area contributed by atoms with Crippen molar-refractivity contribution in [1.82, 2.24) is 10.2 Å². The van der Waals surface area contributed by atoms with Crippen LogP contribution < -0.4 is 16.0 Å². The fourth-order valence-corrected chi connectivity index (χ4v) is 3.00. The number of rotatable bonds is 7. The molecular weight excluding hydrogens is 360 g/mol. The van der Waals surface area contributed by atoms with E-state index in [-0.39, 0.29) is 24.3 Å². The zero-order valence-electron chi connectivity index (χ0n) is 17.0. The topological polar surface area (TPSA) is 108 Å². The molecule has 1 aromatic carbocycles. The lowest BCUT2D eigenvalue weighted by molar-refractivity contribution is -0.134. The van der Waals surface area contributed by atoms with E-state index < -0.39 is 17.5 Å². The average molecular weight is 388 g/mol. The Morgan fingerprint density at radius 1 is 1.14 bits per heavy atom. The Bertz CT molecular complexity index is 799. The van der Waals surface area contributed by atoms with Crippen molar-refractivity contribution < 1.29 is 19.2 Å². The molecule has 152 valence electrons. The second kappa shape index (κ2) is 8.41. The molecule has 0 radical (unpaired) electrons. The number of benzene rings is 1. The summed E-state index contributed by atoms with van der Waals surface area (Å²) in [5.74, 6) is -1.17. The average Bonchev–Trinajstić information content (AvgIpc) is 2.89. The molecule has 0 saturated carbocycles. The molecule has 1 fully saturated rings. The quantitative estimate of drug-likeness (QED) is 0.624. The first-order valence-corrected chi connectivity index (χ1v) is 9.49. The summed E-state index contributed by atoms with van der Waals surface area (Å²) < 4.78 is 0. The van der Waals surface area contributed by atoms with Crippen LogP contribution in [0.15, 0.2) is 18.2 Å². The zero-order chi connectivity index (χ0) is 21.1. The van der Waals surface area contributed by atoms with Crippen LogP contribution in [-0.2, 0) is 14.4 Å². The molecule has 1 aliphatic heterocycles. The normalized spacial score (nSPS) is 15.6. The highest BCUT2D eigenvalue weighted by Gasteiger charge is 2.49. The molecule has 28 heavy (non-hydrogen) atoms. The van der Waals surface area contributed by atoms with Gasteiger partial charge in [-0.05, 0) is 37.5 Å². The van der Waals surface area contributed by atoms with Gasteiger partial charge in [0.2, 0.25) is 11.8 Å². The first-order chi connectivity index (χ1) is 13.1. The summed E-state index contributed by atoms with van der Waals surface area (Å²) in [6.45, 7) is 8.68. The molecule has 8 heteroatoms. The molecule has 8 nitrogen and oxygen atoms in total. The summed E-state index contributed by atoms with van der Waals surface area (Å²) in [5, 5.41) is 8.20. The second-order valence-corrected chi connectivity index (χ2v) is 7.33. The van der Waals surface area contributed by atoms with Gasteiger partial charge in [-0.15, -0.1) is 0 Å². The van der Waals surface area contributed by atoms with E-state index in [1.165, 1.54) is 0 Å². The summed E-state index contributed by atoms with van der Waals surface area (Å²) >= 11 is 0. The van der Waals surface area contributed by atoms with Crippen molar-refractivity contribution in [3.63, 3.8) is 0 Å². The molecule has 3 N–H and O–H groups in total. The molecule has 5 amide bonds. The highest BCUT2D eigenvalue weighted by molar-refractivity contribution is 6.10. The number of hydrogen-bond acceptors (Lipinski definition) is 4. The maximum absolute atomic E-state index is 12.6. The Balaban J connectivity index is 2.10. The van der Waals surface area contributed by atoms with Gasteiger partial charge in [0, 0.05) is 17.3 Å². The van der Waals surface area contributed by atoms with Crippen molar-refractivity contribution in [2.45, 2.75) is 53.0 Å². The van der Waals surface area contributed by atoms with Crippen LogP contribution >= 0.6 is 0 Å². The Labute approximate surface area is 165 Å². The Kier molecular flexibility index (Phi) is 6.43. The molecule has 1 aliphatic rings. The van der Waals surface area contributed by atoms with Crippen LogP contribution in [0.4, 0.5) is 16.2 Å². The number of nitrogens with zero attached hydrogens (tertiary/aromatic N) is 1. The third kappa shape index (κ3) is 4.32. The predicted octanol–water partition coefficient (Wildman–Crippen LogP) is 2.64. The smallest absolute Gasteiger partial charge is 0.325 e. The van der Waals surface area contributed by atoms with Gasteiger partial charge >= 0.3 is 6.03 Å². The van der Waals surface area contributed by atoms with Crippen LogP contribution in [0.25, 0.3) is 0 Å². The van der Waals surface area contributed by atoms with Crippen LogP contribution in [0.2, 0.25) is 0 Å². The van der Waals surface area contributed by atoms with Crippen molar-refractivity contribution in [2.75, 3.05) is 17.2 Å². The Morgan fingerprint density at radius 3 is 2.32 bits per heavy atom. The van der Waals surface area contributed by atoms with E-state index in [0.29, 0.717) is 24.2 Å². The van der Waals surface area contributed by atoms with E-state index in [0.717, 1.165) is 10.5 Å². The summed E-state index contributed by atoms with van der Waals surface area (Å²) in [7, 11) is 0. The van der Waals surface area contributed by atoms with Gasteiger partial charge in [0.1, 0.15) is 12.1 Å². The first kappa shape index (κ1) is 21.4. The number of amides is 5. The number of carbonyl (C=O) groups is 4. The van der Waals surface area contributed by atoms with Gasteiger partial charge in [0.25, 0.3) is 5.91 Å². The van der Waals surface area contributed by atoms with Gasteiger partial charge in [-0.25, -0.2) is 4.79 Å². The highest BCUT2D eigenvalue weighted by Crippen LogP contribution is 2.25. The zero-order valence-corrected chi connectivity index (χ0v) is 17.0. The fraction of sp³-hybridized carbons (Fsp3) is 0.500. The largest absolute Gasteiger partial charge is 0.326 e. The van der Waals surface area contributed by atoms with E-state index in [4.69, 9.17) is 0 Å². The summed E-state index contributed by atoms with van der Waals surface area (Å²) in [5.41, 5.74) is 0.930. The number of anilines is 2. The van der Waals surface area contributed by atoms with E-state index in [9.17, 15) is 19.2 Å². The van der Waals surface area contributed by atoms with Crippen LogP contribution in [0.3, 0.4) is 0 Å². The molecule has 2 rings (SSSR count). The molecule has 1 saturated heterocycles. The molecule has 1 aromatic rings. The van der Waals surface area contributed by atoms with Crippen molar-refractivity contribution >= 4 is 35.1 Å². The summed E-state index contributed by atoms with van der Waals surface area (Å²) in [6, 6.07) is 4.62. The van der Waals surface area contributed by atoms with E-state index in [2.05, 4.69) is 16.0 Å². The van der Waals surface area contributed by atoms with Crippen molar-refractivity contribution in [2.24, 2.45) is 5.92 Å². The fourth-order valence-electron chi connectivity index (χ4n) is 3.00. The van der Waals surface area contributed by atoms with Crippen molar-refractivity contribution in [1.29, 1.82) is 0 Å². The number of hydrogen-bond donors (Lipinski definition) is 3. The Morgan fingerprint density at radius 2 is 1.79 bits per heavy atom. The SMILES string of the molecule is CCC1(CC)NC(=O)N(CC(=O)Nc2cc(NC(=O)C(C)C)ccc2C)C1=O. The maximum Gasteiger partial charge on any atom is 0.325 e. The van der Waals surface area contributed by atoms with E-state index in [1.54, 1.807) is 32.0 Å². The summed E-state index contributed by atoms with van der Waals surface area (Å²) in [6.07, 6.45) is 0.922. The highest BCUT2D eigenvalue weighted by atomic mass is 16.2. The number of nitrogens with one attached hydrogen (secondary N) is 3. The van der Waals surface area contributed by atoms with Crippen molar-refractivity contribution in [3.8, 4) is 0 Å². The van der Waals surface area contributed by atoms with Gasteiger partial charge in [-0.2, -0.15) is 0 Å². The van der Waals surface area contributed by atoms with Crippen LogP contribution in [0.5, 0.6) is 0 Å². The standard InChI is InChI=1S/C20H28N4O4/c1-6-20(7-2)18(27)24(19(28)23-20)11-16(25)22-15-10-14(9-8-13(15)5)21-17(26)12(3)4/h8-10,12H,6-7,11H2,1-5H3,(H,21,26)(H,22,25)(H,23,28). The molecule has 0 spiro atoms. The third-order valence-electron chi connectivity index (χ3n) is 5.06. The minimum atomic E-state index is -0.936. The lowest BCUT2D eigenvalue weighted by Gasteiger charge is -2.23. The molecule has 0 bridgehead atoms. The third-order valence-corrected chi connectivity index (χ3v) is 5.06. The molecule has 1 heterocycles. The van der Waals surface area contributed by atoms with E-state index in [1.807, 2.05) is 20.8 Å². The number of aryl methyl sites for hydroxylation is 1. The lowest BCUT2D eigenvalue weighted by Crippen LogP contribution is -2.46. The van der Waals surface area contributed by atoms with Crippen molar-refractivity contribution in [3.05, 3.63) is 23.8 Å². The second-order valence-electron chi connectivity index (χ2n) is 7.33. The molecule has 0 unspecified atom stereocenters. The monoisotopic (exact) mass is 388 g/mol. The van der Waals surface area contributed by atoms with Crippen LogP contribution in [-0.4, -0.2) is 40.7 Å². The minimum Gasteiger partial charge on any atom is -0.326 e. The predicted molar refractivity (Wildman–Crippen MR) is 107 cm³/mol. The molecule has 0 aromatic heterocycles. The van der Waals surface area contributed by atoms with Gasteiger partial charge in [0.05, 0.1) is 0 Å². The van der Waals surface area contributed by atoms with Gasteiger partial charge in [-0.3, -0.25) is 19.3 Å². The van der Waals surface area contributed by atoms with E-state index >= 15 is 0 Å². The van der Waals surface area contributed by atoms with Gasteiger partial charge in [-0.1, -0.05) is 33.8 Å². The lowest BCUT2D eigenvalue weighted by atomic mass is 9.93. The first-order valence-electron chi connectivity index (χ1n) is 9.49. The van der Waals surface area contributed by atoms with Gasteiger partial charge < -0.3 is 16.0 Å². The van der Waals surface area contributed by atoms with Crippen LogP contribution in [0.1, 0.15) is 46.1 Å². The van der Waals surface area contributed by atoms with Gasteiger partial charge in [0.15, 0.2) is 0 Å². The minimum absolute atomic E-state index is 0.129. The number of carbonyl (C=O) groups excluding carboxylic acids is 4. The van der Waals surface area contributed by atoms with Crippen LogP contribution in [0, 0.1) is 12.8 Å². The maximum atomic E-state index is 12.6. The summed E-state index contributed by atoms with van der Waals surface area (Å²) in [4.78, 5) is 50.1. The molecular formula is C20H28N4O4. The number of urea groups is 1. The Hall–Kier alpha value is -2.90.